The van der Waals surface area contributed by atoms with Crippen molar-refractivity contribution in [1.29, 1.82) is 0 Å². The molecule has 4 nitrogen and oxygen atoms in total. The van der Waals surface area contributed by atoms with Crippen LogP contribution in [0.1, 0.15) is 0 Å². The van der Waals surface area contributed by atoms with Crippen LogP contribution >= 0.6 is 10.0 Å². The van der Waals surface area contributed by atoms with Crippen LogP contribution in [0.15, 0.2) is 311 Å². The van der Waals surface area contributed by atoms with Crippen molar-refractivity contribution in [3.63, 3.8) is 0 Å². The second kappa shape index (κ2) is 19.3. The molecule has 5 heteroatoms. The lowest BCUT2D eigenvalue weighted by atomic mass is 9.99. The minimum Gasteiger partial charge on any atom is -0.309 e. The molecular formula is C69H48N4S. The predicted molar refractivity (Wildman–Crippen MR) is 307 cm³/mol. The highest BCUT2D eigenvalue weighted by molar-refractivity contribution is 8.34. The van der Waals surface area contributed by atoms with Gasteiger partial charge in [0.05, 0.1) is 16.7 Å². The molecule has 0 aliphatic carbocycles. The van der Waals surface area contributed by atoms with Gasteiger partial charge in [-0.2, -0.15) is 0 Å². The van der Waals surface area contributed by atoms with Gasteiger partial charge in [0.25, 0.3) is 0 Å². The maximum absolute atomic E-state index is 5.25. The van der Waals surface area contributed by atoms with E-state index < -0.39 is 10.0 Å². The molecule has 0 atom stereocenters. The minimum absolute atomic E-state index is 0.599. The van der Waals surface area contributed by atoms with Gasteiger partial charge in [0, 0.05) is 52.6 Å². The van der Waals surface area contributed by atoms with E-state index in [1.807, 2.05) is 36.4 Å². The quantitative estimate of drug-likeness (QED) is 0.130. The zero-order chi connectivity index (χ0) is 49.3. The molecule has 350 valence electrons. The van der Waals surface area contributed by atoms with Gasteiger partial charge in [-0.1, -0.05) is 200 Å². The Balaban J connectivity index is 1.10. The van der Waals surface area contributed by atoms with E-state index in [1.54, 1.807) is 0 Å². The Labute approximate surface area is 433 Å². The highest BCUT2D eigenvalue weighted by Gasteiger charge is 2.33. The van der Waals surface area contributed by atoms with Crippen LogP contribution in [0.25, 0.3) is 95.0 Å². The van der Waals surface area contributed by atoms with Gasteiger partial charge in [-0.25, -0.2) is 15.0 Å². The number of nitrogens with zero attached hydrogens (tertiary/aromatic N) is 4. The van der Waals surface area contributed by atoms with E-state index in [0.717, 1.165) is 44.5 Å². The van der Waals surface area contributed by atoms with Crippen molar-refractivity contribution >= 4 is 31.8 Å². The van der Waals surface area contributed by atoms with Crippen LogP contribution in [-0.4, -0.2) is 19.5 Å². The van der Waals surface area contributed by atoms with Crippen LogP contribution in [0.2, 0.25) is 0 Å². The third-order valence-electron chi connectivity index (χ3n) is 14.0. The number of fused-ring (bicyclic) bond motifs is 3. The first-order valence-electron chi connectivity index (χ1n) is 25.0. The highest BCUT2D eigenvalue weighted by atomic mass is 32.3. The van der Waals surface area contributed by atoms with Crippen molar-refractivity contribution in [3.05, 3.63) is 291 Å². The summed E-state index contributed by atoms with van der Waals surface area (Å²) in [4.78, 5) is 20.6. The molecule has 0 radical (unpaired) electrons. The third-order valence-corrected chi connectivity index (χ3v) is 17.9. The normalized spacial score (nSPS) is 11.7. The van der Waals surface area contributed by atoms with E-state index >= 15 is 0 Å². The van der Waals surface area contributed by atoms with E-state index in [9.17, 15) is 0 Å². The van der Waals surface area contributed by atoms with Crippen molar-refractivity contribution in [2.75, 3.05) is 0 Å². The van der Waals surface area contributed by atoms with Crippen molar-refractivity contribution in [1.82, 2.24) is 19.5 Å². The minimum atomic E-state index is -2.01. The number of hydrogen-bond donors (Lipinski definition) is 0. The average Bonchev–Trinajstić information content (AvgIpc) is 3.82. The van der Waals surface area contributed by atoms with E-state index in [2.05, 4.69) is 259 Å². The van der Waals surface area contributed by atoms with Gasteiger partial charge in [0.1, 0.15) is 0 Å². The second-order valence-corrected chi connectivity index (χ2v) is 21.5. The zero-order valence-electron chi connectivity index (χ0n) is 40.4. The van der Waals surface area contributed by atoms with Crippen LogP contribution in [-0.2, 0) is 0 Å². The van der Waals surface area contributed by atoms with E-state index in [-0.39, 0.29) is 0 Å². The molecule has 0 aliphatic rings. The van der Waals surface area contributed by atoms with Crippen molar-refractivity contribution in [2.24, 2.45) is 0 Å². The van der Waals surface area contributed by atoms with E-state index in [0.29, 0.717) is 17.5 Å². The summed E-state index contributed by atoms with van der Waals surface area (Å²) >= 11 is 0. The molecule has 0 fully saturated rings. The van der Waals surface area contributed by atoms with Gasteiger partial charge in [-0.3, -0.25) is 0 Å². The number of hydrogen-bond acceptors (Lipinski definition) is 3. The molecule has 0 unspecified atom stereocenters. The predicted octanol–water partition coefficient (Wildman–Crippen LogP) is 18.3. The Morgan fingerprint density at radius 3 is 1.03 bits per heavy atom. The van der Waals surface area contributed by atoms with Crippen LogP contribution in [0.4, 0.5) is 0 Å². The summed E-state index contributed by atoms with van der Waals surface area (Å²) in [6.45, 7) is 0. The summed E-state index contributed by atoms with van der Waals surface area (Å²) in [6, 6.07) is 105. The summed E-state index contributed by atoms with van der Waals surface area (Å²) in [7, 11) is -2.01. The molecule has 2 heterocycles. The molecule has 0 spiro atoms. The topological polar surface area (TPSA) is 43.6 Å². The van der Waals surface area contributed by atoms with E-state index in [4.69, 9.17) is 15.0 Å². The largest absolute Gasteiger partial charge is 0.309 e. The molecule has 0 bridgehead atoms. The first kappa shape index (κ1) is 44.5. The molecule has 13 aromatic rings. The fraction of sp³-hybridized carbons (Fsp3) is 0. The maximum atomic E-state index is 5.25. The van der Waals surface area contributed by atoms with Crippen LogP contribution in [0, 0.1) is 0 Å². The standard InChI is InChI=1S/C69H48N4S/c1-8-23-49(24-9-1)53-39-42-65-62(46-53)63-47-54(50-25-10-2-11-26-50)40-43-66(63)73(65)64-44-41-56(69-71-67(51-27-12-3-13-28-51)70-68(72-69)52-29-14-4-15-30-52)48-61(64)55-31-22-38-60(45-55)74(57-32-16-5-17-33-57,58-34-18-6-19-35-58)59-36-20-7-21-37-59/h1-48H. The molecule has 11 aromatic carbocycles. The SMILES string of the molecule is c1ccc(-c2ccc3c(c2)c2cc(-c4ccccc4)ccc2n3-c2ccc(-c3nc(-c4ccccc4)nc(-c4ccccc4)n3)cc2-c2cccc(S(c3ccccc3)(c3ccccc3)c3ccccc3)c2)cc1. The summed E-state index contributed by atoms with van der Waals surface area (Å²) in [5.74, 6) is 1.84. The monoisotopic (exact) mass is 964 g/mol. The Bertz CT molecular complexity index is 3840. The number of rotatable bonds is 11. The lowest BCUT2D eigenvalue weighted by Gasteiger charge is -2.42. The van der Waals surface area contributed by atoms with Crippen LogP contribution in [0.5, 0.6) is 0 Å². The zero-order valence-corrected chi connectivity index (χ0v) is 41.2. The number of benzene rings is 11. The van der Waals surface area contributed by atoms with Crippen molar-refractivity contribution < 1.29 is 0 Å². The summed E-state index contributed by atoms with van der Waals surface area (Å²) in [6.07, 6.45) is 0. The van der Waals surface area contributed by atoms with Gasteiger partial charge in [-0.15, -0.1) is 10.0 Å². The fourth-order valence-electron chi connectivity index (χ4n) is 10.5. The molecule has 13 rings (SSSR count). The molecule has 0 aliphatic heterocycles. The molecule has 0 saturated heterocycles. The van der Waals surface area contributed by atoms with Crippen LogP contribution in [0.3, 0.4) is 0 Å². The first-order chi connectivity index (χ1) is 36.7. The summed E-state index contributed by atoms with van der Waals surface area (Å²) < 4.78 is 2.46. The summed E-state index contributed by atoms with van der Waals surface area (Å²) in [5.41, 5.74) is 12.9. The Morgan fingerprint density at radius 1 is 0.243 bits per heavy atom. The Kier molecular flexibility index (Phi) is 11.6. The van der Waals surface area contributed by atoms with Gasteiger partial charge in [0.2, 0.25) is 0 Å². The van der Waals surface area contributed by atoms with Gasteiger partial charge in [-0.05, 0) is 119 Å². The smallest absolute Gasteiger partial charge is 0.164 e. The lowest BCUT2D eigenvalue weighted by Crippen LogP contribution is -2.05. The number of aromatic nitrogens is 4. The van der Waals surface area contributed by atoms with Gasteiger partial charge < -0.3 is 4.57 Å². The van der Waals surface area contributed by atoms with Crippen LogP contribution < -0.4 is 0 Å². The van der Waals surface area contributed by atoms with Crippen molar-refractivity contribution in [3.8, 4) is 73.2 Å². The highest BCUT2D eigenvalue weighted by Crippen LogP contribution is 2.73. The Hall–Kier alpha value is -9.42. The van der Waals surface area contributed by atoms with Gasteiger partial charge >= 0.3 is 0 Å². The molecule has 0 amide bonds. The molecule has 2 aromatic heterocycles. The first-order valence-corrected chi connectivity index (χ1v) is 26.6. The second-order valence-electron chi connectivity index (χ2n) is 18.4. The van der Waals surface area contributed by atoms with E-state index in [1.165, 1.54) is 52.6 Å². The summed E-state index contributed by atoms with van der Waals surface area (Å²) in [5, 5.41) is 2.36. The molecule has 0 N–H and O–H groups in total. The molecule has 0 saturated carbocycles. The average molecular weight is 965 g/mol. The van der Waals surface area contributed by atoms with Crippen molar-refractivity contribution in [2.45, 2.75) is 19.6 Å². The maximum Gasteiger partial charge on any atom is 0.164 e. The van der Waals surface area contributed by atoms with Gasteiger partial charge in [0.15, 0.2) is 17.5 Å². The molecular weight excluding hydrogens is 917 g/mol. The lowest BCUT2D eigenvalue weighted by molar-refractivity contribution is 1.07. The fourth-order valence-corrected chi connectivity index (χ4v) is 14.4. The molecule has 74 heavy (non-hydrogen) atoms. The Morgan fingerprint density at radius 2 is 0.595 bits per heavy atom. The third kappa shape index (κ3) is 8.06.